The van der Waals surface area contributed by atoms with Crippen LogP contribution in [0.1, 0.15) is 21.5 Å². The van der Waals surface area contributed by atoms with Crippen molar-refractivity contribution in [2.75, 3.05) is 16.2 Å². The fourth-order valence-electron chi connectivity index (χ4n) is 3.36. The third-order valence-electron chi connectivity index (χ3n) is 4.95. The van der Waals surface area contributed by atoms with Gasteiger partial charge in [0.05, 0.1) is 10.6 Å². The van der Waals surface area contributed by atoms with Crippen molar-refractivity contribution in [2.45, 2.75) is 18.2 Å². The van der Waals surface area contributed by atoms with E-state index in [0.717, 1.165) is 16.8 Å². The van der Waals surface area contributed by atoms with Gasteiger partial charge in [0.25, 0.3) is 15.9 Å². The number of nitrogens with one attached hydrogen (secondary N) is 1. The monoisotopic (exact) mass is 426 g/mol. The zero-order valence-electron chi connectivity index (χ0n) is 15.7. The summed E-state index contributed by atoms with van der Waals surface area (Å²) in [6.07, 6.45) is 0.605. The zero-order chi connectivity index (χ0) is 20.6. The molecule has 3 aromatic carbocycles. The summed E-state index contributed by atoms with van der Waals surface area (Å²) in [5.41, 5.74) is 3.46. The molecule has 0 fully saturated rings. The summed E-state index contributed by atoms with van der Waals surface area (Å²) in [4.78, 5) is 14.6. The van der Waals surface area contributed by atoms with E-state index >= 15 is 0 Å². The second kappa shape index (κ2) is 7.54. The molecule has 0 unspecified atom stereocenters. The van der Waals surface area contributed by atoms with E-state index in [1.807, 2.05) is 25.1 Å². The molecule has 7 heteroatoms. The lowest BCUT2D eigenvalue weighted by Crippen LogP contribution is -2.28. The Balaban J connectivity index is 1.60. The molecule has 1 aliphatic rings. The van der Waals surface area contributed by atoms with Gasteiger partial charge in [-0.3, -0.25) is 9.52 Å². The molecular formula is C22H19ClN2O3S. The van der Waals surface area contributed by atoms with E-state index in [-0.39, 0.29) is 10.8 Å². The standard InChI is InChI=1S/C22H19ClN2O3S/c1-15-7-8-18(14-20(15)23)24-29(27,28)19-9-10-21-17(13-19)11-12-25(21)22(26)16-5-3-2-4-6-16/h2-10,13-14,24H,11-12H2,1H3. The second-order valence-corrected chi connectivity index (χ2v) is 9.02. The number of carbonyl (C=O) groups is 1. The number of sulfonamides is 1. The molecule has 0 atom stereocenters. The average molecular weight is 427 g/mol. The van der Waals surface area contributed by atoms with Crippen LogP contribution in [0, 0.1) is 6.92 Å². The Labute approximate surface area is 175 Å². The number of hydrogen-bond donors (Lipinski definition) is 1. The van der Waals surface area contributed by atoms with Gasteiger partial charge in [-0.05, 0) is 66.9 Å². The van der Waals surface area contributed by atoms with Gasteiger partial charge in [0.2, 0.25) is 0 Å². The Bertz CT molecular complexity index is 1190. The number of carbonyl (C=O) groups excluding carboxylic acids is 1. The van der Waals surface area contributed by atoms with E-state index in [2.05, 4.69) is 4.72 Å². The van der Waals surface area contributed by atoms with Crippen molar-refractivity contribution < 1.29 is 13.2 Å². The van der Waals surface area contributed by atoms with Crippen LogP contribution in [0.2, 0.25) is 5.02 Å². The van der Waals surface area contributed by atoms with Crippen molar-refractivity contribution in [1.29, 1.82) is 0 Å². The zero-order valence-corrected chi connectivity index (χ0v) is 17.3. The molecule has 29 heavy (non-hydrogen) atoms. The van der Waals surface area contributed by atoms with Crippen LogP contribution in [0.3, 0.4) is 0 Å². The number of halogens is 1. The largest absolute Gasteiger partial charge is 0.308 e. The summed E-state index contributed by atoms with van der Waals surface area (Å²) >= 11 is 6.09. The van der Waals surface area contributed by atoms with Gasteiger partial charge < -0.3 is 4.90 Å². The lowest BCUT2D eigenvalue weighted by Gasteiger charge is -2.18. The summed E-state index contributed by atoms with van der Waals surface area (Å²) in [5.74, 6) is -0.0904. The predicted molar refractivity (Wildman–Crippen MR) is 115 cm³/mol. The minimum Gasteiger partial charge on any atom is -0.308 e. The number of hydrogen-bond acceptors (Lipinski definition) is 3. The Kier molecular flexibility index (Phi) is 5.06. The number of rotatable bonds is 4. The SMILES string of the molecule is Cc1ccc(NS(=O)(=O)c2ccc3c(c2)CCN3C(=O)c2ccccc2)cc1Cl. The molecule has 3 aromatic rings. The lowest BCUT2D eigenvalue weighted by molar-refractivity contribution is 0.0989. The first-order valence-corrected chi connectivity index (χ1v) is 11.0. The van der Waals surface area contributed by atoms with Crippen molar-refractivity contribution >= 4 is 38.9 Å². The highest BCUT2D eigenvalue weighted by Gasteiger charge is 2.27. The third kappa shape index (κ3) is 3.86. The number of nitrogens with zero attached hydrogens (tertiary/aromatic N) is 1. The molecule has 0 aromatic heterocycles. The third-order valence-corrected chi connectivity index (χ3v) is 6.73. The Morgan fingerprint density at radius 3 is 2.52 bits per heavy atom. The van der Waals surface area contributed by atoms with Crippen LogP contribution in [-0.4, -0.2) is 20.9 Å². The molecule has 0 saturated heterocycles. The molecule has 1 N–H and O–H groups in total. The summed E-state index contributed by atoms with van der Waals surface area (Å²) in [6, 6.07) is 18.9. The van der Waals surface area contributed by atoms with Gasteiger partial charge in [0.15, 0.2) is 0 Å². The molecule has 1 heterocycles. The van der Waals surface area contributed by atoms with Crippen LogP contribution in [-0.2, 0) is 16.4 Å². The Morgan fingerprint density at radius 2 is 1.79 bits per heavy atom. The summed E-state index contributed by atoms with van der Waals surface area (Å²) in [5, 5.41) is 0.495. The Hall–Kier alpha value is -2.83. The van der Waals surface area contributed by atoms with Gasteiger partial charge >= 0.3 is 0 Å². The molecule has 0 aliphatic carbocycles. The minimum atomic E-state index is -3.77. The number of amides is 1. The number of fused-ring (bicyclic) bond motifs is 1. The fraction of sp³-hybridized carbons (Fsp3) is 0.136. The van der Waals surface area contributed by atoms with E-state index in [0.29, 0.717) is 29.2 Å². The highest BCUT2D eigenvalue weighted by Crippen LogP contribution is 2.32. The summed E-state index contributed by atoms with van der Waals surface area (Å²) < 4.78 is 28.2. The number of aryl methyl sites for hydroxylation is 1. The van der Waals surface area contributed by atoms with Gasteiger partial charge in [-0.25, -0.2) is 8.42 Å². The average Bonchev–Trinajstić information content (AvgIpc) is 3.14. The highest BCUT2D eigenvalue weighted by atomic mass is 35.5. The predicted octanol–water partition coefficient (Wildman–Crippen LogP) is 4.65. The maximum absolute atomic E-state index is 12.8. The molecule has 0 bridgehead atoms. The van der Waals surface area contributed by atoms with Gasteiger partial charge in [0.1, 0.15) is 0 Å². The van der Waals surface area contributed by atoms with Crippen LogP contribution in [0.15, 0.2) is 71.6 Å². The molecule has 0 saturated carbocycles. The van der Waals surface area contributed by atoms with Crippen LogP contribution >= 0.6 is 11.6 Å². The molecule has 0 radical (unpaired) electrons. The molecule has 148 valence electrons. The van der Waals surface area contributed by atoms with E-state index in [4.69, 9.17) is 11.6 Å². The minimum absolute atomic E-state index is 0.0904. The van der Waals surface area contributed by atoms with Crippen molar-refractivity contribution in [3.8, 4) is 0 Å². The lowest BCUT2D eigenvalue weighted by atomic mass is 10.1. The maximum Gasteiger partial charge on any atom is 0.261 e. The second-order valence-electron chi connectivity index (χ2n) is 6.93. The van der Waals surface area contributed by atoms with Crippen LogP contribution < -0.4 is 9.62 Å². The number of benzene rings is 3. The van der Waals surface area contributed by atoms with Crippen molar-refractivity contribution in [3.63, 3.8) is 0 Å². The molecular weight excluding hydrogens is 408 g/mol. The maximum atomic E-state index is 12.8. The van der Waals surface area contributed by atoms with Crippen LogP contribution in [0.25, 0.3) is 0 Å². The highest BCUT2D eigenvalue weighted by molar-refractivity contribution is 7.92. The molecule has 1 aliphatic heterocycles. The quantitative estimate of drug-likeness (QED) is 0.660. The summed E-state index contributed by atoms with van der Waals surface area (Å²) in [6.45, 7) is 2.37. The van der Waals surface area contributed by atoms with Crippen molar-refractivity contribution in [3.05, 3.63) is 88.4 Å². The van der Waals surface area contributed by atoms with E-state index in [1.54, 1.807) is 47.4 Å². The van der Waals surface area contributed by atoms with Gasteiger partial charge in [-0.2, -0.15) is 0 Å². The van der Waals surface area contributed by atoms with Crippen LogP contribution in [0.5, 0.6) is 0 Å². The van der Waals surface area contributed by atoms with Gasteiger partial charge in [-0.15, -0.1) is 0 Å². The number of anilines is 2. The van der Waals surface area contributed by atoms with Crippen molar-refractivity contribution in [2.24, 2.45) is 0 Å². The van der Waals surface area contributed by atoms with E-state index < -0.39 is 10.0 Å². The molecule has 1 amide bonds. The van der Waals surface area contributed by atoms with E-state index in [1.165, 1.54) is 6.07 Å². The fourth-order valence-corrected chi connectivity index (χ4v) is 4.64. The normalized spacial score (nSPS) is 13.2. The van der Waals surface area contributed by atoms with Gasteiger partial charge in [0, 0.05) is 22.8 Å². The first kappa shape index (κ1) is 19.5. The molecule has 4 rings (SSSR count). The van der Waals surface area contributed by atoms with E-state index in [9.17, 15) is 13.2 Å². The molecule has 5 nitrogen and oxygen atoms in total. The topological polar surface area (TPSA) is 66.5 Å². The first-order chi connectivity index (χ1) is 13.8. The van der Waals surface area contributed by atoms with Crippen LogP contribution in [0.4, 0.5) is 11.4 Å². The first-order valence-electron chi connectivity index (χ1n) is 9.14. The summed E-state index contributed by atoms with van der Waals surface area (Å²) in [7, 11) is -3.77. The van der Waals surface area contributed by atoms with Crippen molar-refractivity contribution in [1.82, 2.24) is 0 Å². The molecule has 0 spiro atoms. The Morgan fingerprint density at radius 1 is 1.03 bits per heavy atom. The smallest absolute Gasteiger partial charge is 0.261 e. The van der Waals surface area contributed by atoms with Gasteiger partial charge in [-0.1, -0.05) is 35.9 Å².